The molecule has 1 aromatic carbocycles. The molecule has 1 heterocycles. The topological polar surface area (TPSA) is 76.4 Å². The Labute approximate surface area is 190 Å². The number of ether oxygens (including phenoxy) is 1. The molecule has 0 bridgehead atoms. The average Bonchev–Trinajstić information content (AvgIpc) is 3.20. The highest BCUT2D eigenvalue weighted by Gasteiger charge is 2.14. The number of aryl methyl sites for hydroxylation is 1. The van der Waals surface area contributed by atoms with Gasteiger partial charge in [0.15, 0.2) is 5.96 Å². The number of nitrogens with one attached hydrogen (secondary N) is 2. The van der Waals surface area contributed by atoms with Crippen molar-refractivity contribution in [2.75, 3.05) is 13.7 Å². The third-order valence-electron chi connectivity index (χ3n) is 5.16. The van der Waals surface area contributed by atoms with E-state index >= 15 is 0 Å². The molecule has 0 unspecified atom stereocenters. The van der Waals surface area contributed by atoms with E-state index in [-0.39, 0.29) is 24.0 Å². The zero-order valence-corrected chi connectivity index (χ0v) is 19.8. The zero-order chi connectivity index (χ0) is 19.6. The first-order valence-corrected chi connectivity index (χ1v) is 10.3. The van der Waals surface area contributed by atoms with Crippen LogP contribution in [0.25, 0.3) is 0 Å². The molecule has 0 spiro atoms. The fourth-order valence-electron chi connectivity index (χ4n) is 3.57. The number of methoxy groups -OCH3 is 1. The van der Waals surface area contributed by atoms with Gasteiger partial charge < -0.3 is 19.9 Å². The van der Waals surface area contributed by atoms with Gasteiger partial charge in [0.05, 0.1) is 13.7 Å². The number of aromatic nitrogens is 3. The Balaban J connectivity index is 0.00000300. The molecule has 0 amide bonds. The monoisotopic (exact) mass is 512 g/mol. The molecule has 0 radical (unpaired) electrons. The molecule has 0 aliphatic heterocycles. The quantitative estimate of drug-likeness (QED) is 0.322. The Bertz CT molecular complexity index is 757. The van der Waals surface area contributed by atoms with Gasteiger partial charge in [0.2, 0.25) is 0 Å². The van der Waals surface area contributed by atoms with Crippen LogP contribution in [0.15, 0.2) is 35.6 Å². The largest absolute Gasteiger partial charge is 0.497 e. The van der Waals surface area contributed by atoms with Crippen LogP contribution in [0.5, 0.6) is 5.75 Å². The molecule has 2 aromatic rings. The van der Waals surface area contributed by atoms with Crippen molar-refractivity contribution in [2.24, 2.45) is 4.99 Å². The molecule has 1 saturated carbocycles. The minimum absolute atomic E-state index is 0. The summed E-state index contributed by atoms with van der Waals surface area (Å²) in [5.74, 6) is 2.75. The van der Waals surface area contributed by atoms with Gasteiger partial charge in [-0.05, 0) is 30.5 Å². The van der Waals surface area contributed by atoms with Crippen LogP contribution in [-0.4, -0.2) is 40.4 Å². The van der Waals surface area contributed by atoms with E-state index in [1.54, 1.807) is 13.4 Å². The summed E-state index contributed by atoms with van der Waals surface area (Å²) in [6.45, 7) is 4.31. The van der Waals surface area contributed by atoms with Crippen molar-refractivity contribution in [1.82, 2.24) is 25.4 Å². The maximum Gasteiger partial charge on any atom is 0.191 e. The van der Waals surface area contributed by atoms with Gasteiger partial charge in [-0.1, -0.05) is 38.3 Å². The van der Waals surface area contributed by atoms with Crippen molar-refractivity contribution >= 4 is 29.9 Å². The first-order valence-electron chi connectivity index (χ1n) is 10.3. The molecule has 0 saturated heterocycles. The number of benzene rings is 1. The van der Waals surface area contributed by atoms with Gasteiger partial charge in [0, 0.05) is 25.6 Å². The first-order chi connectivity index (χ1) is 13.8. The molecule has 160 valence electrons. The average molecular weight is 512 g/mol. The minimum Gasteiger partial charge on any atom is -0.497 e. The van der Waals surface area contributed by atoms with E-state index < -0.39 is 0 Å². The molecule has 0 atom stereocenters. The predicted octanol–water partition coefficient (Wildman–Crippen LogP) is 3.54. The highest BCUT2D eigenvalue weighted by atomic mass is 127. The summed E-state index contributed by atoms with van der Waals surface area (Å²) in [6.07, 6.45) is 9.04. The van der Waals surface area contributed by atoms with Gasteiger partial charge in [-0.3, -0.25) is 0 Å². The summed E-state index contributed by atoms with van der Waals surface area (Å²) in [4.78, 5) is 4.82. The maximum absolute atomic E-state index is 5.32. The van der Waals surface area contributed by atoms with Crippen molar-refractivity contribution in [1.29, 1.82) is 0 Å². The van der Waals surface area contributed by atoms with Crippen molar-refractivity contribution in [2.45, 2.75) is 64.6 Å². The zero-order valence-electron chi connectivity index (χ0n) is 17.4. The van der Waals surface area contributed by atoms with Crippen molar-refractivity contribution in [3.8, 4) is 5.75 Å². The van der Waals surface area contributed by atoms with E-state index in [0.717, 1.165) is 42.6 Å². The SMILES string of the molecule is CCc1nncn1CCNC(=NCc1cccc(OC)c1)NC1CCCCC1.I. The van der Waals surface area contributed by atoms with Gasteiger partial charge >= 0.3 is 0 Å². The van der Waals surface area contributed by atoms with Crippen LogP contribution in [0.2, 0.25) is 0 Å². The minimum atomic E-state index is 0. The van der Waals surface area contributed by atoms with Crippen LogP contribution in [0.4, 0.5) is 0 Å². The van der Waals surface area contributed by atoms with Crippen molar-refractivity contribution in [3.63, 3.8) is 0 Å². The third-order valence-corrected chi connectivity index (χ3v) is 5.16. The Morgan fingerprint density at radius 2 is 2.10 bits per heavy atom. The molecule has 1 fully saturated rings. The van der Waals surface area contributed by atoms with Crippen molar-refractivity contribution in [3.05, 3.63) is 42.0 Å². The van der Waals surface area contributed by atoms with Gasteiger partial charge in [-0.15, -0.1) is 34.2 Å². The normalized spacial score (nSPS) is 14.9. The number of nitrogens with zero attached hydrogens (tertiary/aromatic N) is 4. The highest BCUT2D eigenvalue weighted by Crippen LogP contribution is 2.17. The molecule has 3 rings (SSSR count). The van der Waals surface area contributed by atoms with E-state index in [2.05, 4.69) is 38.4 Å². The van der Waals surface area contributed by atoms with Crippen molar-refractivity contribution < 1.29 is 4.74 Å². The first kappa shape index (κ1) is 23.4. The van der Waals surface area contributed by atoms with E-state index in [1.807, 2.05) is 18.2 Å². The second kappa shape index (κ2) is 12.7. The van der Waals surface area contributed by atoms with Gasteiger partial charge in [0.25, 0.3) is 0 Å². The lowest BCUT2D eigenvalue weighted by Gasteiger charge is -2.25. The summed E-state index contributed by atoms with van der Waals surface area (Å²) in [6, 6.07) is 8.58. The lowest BCUT2D eigenvalue weighted by Crippen LogP contribution is -2.45. The van der Waals surface area contributed by atoms with Crippen LogP contribution < -0.4 is 15.4 Å². The Kier molecular flexibility index (Phi) is 10.2. The second-order valence-corrected chi connectivity index (χ2v) is 7.22. The Morgan fingerprint density at radius 1 is 1.28 bits per heavy atom. The van der Waals surface area contributed by atoms with Crippen LogP contribution in [0.1, 0.15) is 50.4 Å². The number of halogens is 1. The summed E-state index contributed by atoms with van der Waals surface area (Å²) in [7, 11) is 1.69. The lowest BCUT2D eigenvalue weighted by molar-refractivity contribution is 0.409. The number of aliphatic imine (C=N–C) groups is 1. The molecule has 1 aliphatic rings. The van der Waals surface area contributed by atoms with Crippen LogP contribution in [-0.2, 0) is 19.5 Å². The molecular formula is C21H33IN6O. The maximum atomic E-state index is 5.32. The Morgan fingerprint density at radius 3 is 2.86 bits per heavy atom. The molecule has 2 N–H and O–H groups in total. The number of guanidine groups is 1. The van der Waals surface area contributed by atoms with Crippen LogP contribution in [0.3, 0.4) is 0 Å². The lowest BCUT2D eigenvalue weighted by atomic mass is 9.96. The number of hydrogen-bond donors (Lipinski definition) is 2. The van der Waals surface area contributed by atoms with E-state index in [0.29, 0.717) is 12.6 Å². The number of rotatable bonds is 8. The third kappa shape index (κ3) is 7.49. The fraction of sp³-hybridized carbons (Fsp3) is 0.571. The van der Waals surface area contributed by atoms with Gasteiger partial charge in [0.1, 0.15) is 17.9 Å². The van der Waals surface area contributed by atoms with Crippen LogP contribution >= 0.6 is 24.0 Å². The van der Waals surface area contributed by atoms with E-state index in [1.165, 1.54) is 32.1 Å². The summed E-state index contributed by atoms with van der Waals surface area (Å²) in [5, 5.41) is 15.3. The fourth-order valence-corrected chi connectivity index (χ4v) is 3.57. The molecule has 7 nitrogen and oxygen atoms in total. The molecule has 1 aromatic heterocycles. The molecule has 1 aliphatic carbocycles. The second-order valence-electron chi connectivity index (χ2n) is 7.22. The molecule has 8 heteroatoms. The van der Waals surface area contributed by atoms with E-state index in [4.69, 9.17) is 9.73 Å². The predicted molar refractivity (Wildman–Crippen MR) is 127 cm³/mol. The summed E-state index contributed by atoms with van der Waals surface area (Å²) in [5.41, 5.74) is 1.14. The Hall–Kier alpha value is -1.84. The van der Waals surface area contributed by atoms with Gasteiger partial charge in [-0.2, -0.15) is 0 Å². The van der Waals surface area contributed by atoms with E-state index in [9.17, 15) is 0 Å². The smallest absolute Gasteiger partial charge is 0.191 e. The standard InChI is InChI=1S/C21H32N6O.HI/c1-3-20-26-24-16-27(20)13-12-22-21(25-18-9-5-4-6-10-18)23-15-17-8-7-11-19(14-17)28-2;/h7-8,11,14,16,18H,3-6,9-10,12-13,15H2,1-2H3,(H2,22,23,25);1H. The van der Waals surface area contributed by atoms with Gasteiger partial charge in [-0.25, -0.2) is 4.99 Å². The highest BCUT2D eigenvalue weighted by molar-refractivity contribution is 14.0. The van der Waals surface area contributed by atoms with Crippen LogP contribution in [0, 0.1) is 0 Å². The summed E-state index contributed by atoms with van der Waals surface area (Å²) < 4.78 is 7.41. The summed E-state index contributed by atoms with van der Waals surface area (Å²) >= 11 is 0. The molecule has 29 heavy (non-hydrogen) atoms. The number of hydrogen-bond acceptors (Lipinski definition) is 4. The molecular weight excluding hydrogens is 479 g/mol.